The van der Waals surface area contributed by atoms with Gasteiger partial charge in [-0.05, 0) is 12.1 Å². The number of ether oxygens (including phenoxy) is 1. The summed E-state index contributed by atoms with van der Waals surface area (Å²) in [5, 5.41) is 0. The standard InChI is InChI=1S/C10H12N2O2/c1-2-10(13)14-6-4-9-7-8(11)3-5-12-9/h2-3,5,7H,1,4,6H2,(H2,11,12). The predicted octanol–water partition coefficient (Wildman–Crippen LogP) is 0.936. The van der Waals surface area contributed by atoms with Crippen LogP contribution in [-0.2, 0) is 16.0 Å². The lowest BCUT2D eigenvalue weighted by atomic mass is 10.2. The lowest BCUT2D eigenvalue weighted by Gasteiger charge is -2.02. The van der Waals surface area contributed by atoms with Gasteiger partial charge in [0.15, 0.2) is 0 Å². The second-order valence-corrected chi connectivity index (χ2v) is 2.70. The van der Waals surface area contributed by atoms with E-state index in [1.54, 1.807) is 18.3 Å². The first-order valence-electron chi connectivity index (χ1n) is 4.22. The maximum atomic E-state index is 10.7. The van der Waals surface area contributed by atoms with Gasteiger partial charge in [0, 0.05) is 30.1 Å². The molecule has 0 aliphatic heterocycles. The molecule has 14 heavy (non-hydrogen) atoms. The highest BCUT2D eigenvalue weighted by atomic mass is 16.5. The molecule has 4 nitrogen and oxygen atoms in total. The van der Waals surface area contributed by atoms with Gasteiger partial charge in [-0.3, -0.25) is 4.98 Å². The van der Waals surface area contributed by atoms with Crippen LogP contribution in [0.25, 0.3) is 0 Å². The average molecular weight is 192 g/mol. The first-order valence-corrected chi connectivity index (χ1v) is 4.22. The minimum absolute atomic E-state index is 0.293. The molecule has 0 spiro atoms. The van der Waals surface area contributed by atoms with Gasteiger partial charge in [-0.2, -0.15) is 0 Å². The van der Waals surface area contributed by atoms with Crippen molar-refractivity contribution in [3.05, 3.63) is 36.7 Å². The van der Waals surface area contributed by atoms with E-state index in [9.17, 15) is 4.79 Å². The number of pyridine rings is 1. The van der Waals surface area contributed by atoms with E-state index in [1.165, 1.54) is 0 Å². The summed E-state index contributed by atoms with van der Waals surface area (Å²) in [5.41, 5.74) is 7.02. The molecule has 1 aromatic heterocycles. The molecule has 0 saturated carbocycles. The van der Waals surface area contributed by atoms with Crippen LogP contribution in [0, 0.1) is 0 Å². The summed E-state index contributed by atoms with van der Waals surface area (Å²) < 4.78 is 4.80. The molecule has 0 unspecified atom stereocenters. The van der Waals surface area contributed by atoms with Gasteiger partial charge in [-0.15, -0.1) is 0 Å². The van der Waals surface area contributed by atoms with Gasteiger partial charge in [-0.25, -0.2) is 4.79 Å². The Balaban J connectivity index is 2.38. The van der Waals surface area contributed by atoms with Gasteiger partial charge >= 0.3 is 5.97 Å². The summed E-state index contributed by atoms with van der Waals surface area (Å²) in [5.74, 6) is -0.422. The smallest absolute Gasteiger partial charge is 0.330 e. The van der Waals surface area contributed by atoms with Crippen molar-refractivity contribution in [2.75, 3.05) is 12.3 Å². The molecule has 0 aliphatic rings. The lowest BCUT2D eigenvalue weighted by Crippen LogP contribution is -2.05. The Labute approximate surface area is 82.4 Å². The van der Waals surface area contributed by atoms with Crippen molar-refractivity contribution in [1.29, 1.82) is 0 Å². The van der Waals surface area contributed by atoms with E-state index in [2.05, 4.69) is 11.6 Å². The summed E-state index contributed by atoms with van der Waals surface area (Å²) in [7, 11) is 0. The molecule has 1 rings (SSSR count). The number of hydrogen-bond donors (Lipinski definition) is 1. The van der Waals surface area contributed by atoms with E-state index in [1.807, 2.05) is 0 Å². The van der Waals surface area contributed by atoms with E-state index < -0.39 is 5.97 Å². The highest BCUT2D eigenvalue weighted by molar-refractivity contribution is 5.81. The van der Waals surface area contributed by atoms with Crippen LogP contribution in [0.5, 0.6) is 0 Å². The molecule has 1 heterocycles. The first kappa shape index (κ1) is 10.2. The summed E-state index contributed by atoms with van der Waals surface area (Å²) in [6.07, 6.45) is 3.32. The van der Waals surface area contributed by atoms with Crippen molar-refractivity contribution in [2.45, 2.75) is 6.42 Å². The molecule has 2 N–H and O–H groups in total. The fourth-order valence-electron chi connectivity index (χ4n) is 0.949. The van der Waals surface area contributed by atoms with Crippen LogP contribution in [0.2, 0.25) is 0 Å². The van der Waals surface area contributed by atoms with Crippen molar-refractivity contribution in [3.8, 4) is 0 Å². The Morgan fingerprint density at radius 3 is 3.14 bits per heavy atom. The Hall–Kier alpha value is -1.84. The fraction of sp³-hybridized carbons (Fsp3) is 0.200. The summed E-state index contributed by atoms with van der Waals surface area (Å²) in [6, 6.07) is 3.46. The van der Waals surface area contributed by atoms with Gasteiger partial charge in [0.1, 0.15) is 0 Å². The maximum Gasteiger partial charge on any atom is 0.330 e. The number of esters is 1. The van der Waals surface area contributed by atoms with Crippen LogP contribution >= 0.6 is 0 Å². The molecule has 0 bridgehead atoms. The monoisotopic (exact) mass is 192 g/mol. The first-order chi connectivity index (χ1) is 6.72. The number of rotatable bonds is 4. The highest BCUT2D eigenvalue weighted by Crippen LogP contribution is 2.03. The second-order valence-electron chi connectivity index (χ2n) is 2.70. The Kier molecular flexibility index (Phi) is 3.67. The number of nitrogens with two attached hydrogens (primary N) is 1. The van der Waals surface area contributed by atoms with Crippen LogP contribution in [0.3, 0.4) is 0 Å². The van der Waals surface area contributed by atoms with Gasteiger partial charge < -0.3 is 10.5 Å². The van der Waals surface area contributed by atoms with E-state index >= 15 is 0 Å². The molecule has 1 aromatic rings. The Morgan fingerprint density at radius 1 is 1.71 bits per heavy atom. The molecular weight excluding hydrogens is 180 g/mol. The quantitative estimate of drug-likeness (QED) is 0.569. The SMILES string of the molecule is C=CC(=O)OCCc1cc(N)ccn1. The molecule has 0 aromatic carbocycles. The molecule has 4 heteroatoms. The van der Waals surface area contributed by atoms with Crippen LogP contribution in [0.4, 0.5) is 5.69 Å². The number of hydrogen-bond acceptors (Lipinski definition) is 4. The van der Waals surface area contributed by atoms with Gasteiger partial charge in [0.25, 0.3) is 0 Å². The van der Waals surface area contributed by atoms with Crippen molar-refractivity contribution < 1.29 is 9.53 Å². The molecule has 0 atom stereocenters. The zero-order valence-electron chi connectivity index (χ0n) is 7.77. The average Bonchev–Trinajstić information content (AvgIpc) is 2.17. The van der Waals surface area contributed by atoms with Gasteiger partial charge in [0.05, 0.1) is 6.61 Å². The third-order valence-corrected chi connectivity index (χ3v) is 1.61. The van der Waals surface area contributed by atoms with E-state index in [0.717, 1.165) is 11.8 Å². The molecular formula is C10H12N2O2. The van der Waals surface area contributed by atoms with Gasteiger partial charge in [0.2, 0.25) is 0 Å². The normalized spacial score (nSPS) is 9.43. The molecule has 0 saturated heterocycles. The van der Waals surface area contributed by atoms with E-state index in [0.29, 0.717) is 18.7 Å². The Morgan fingerprint density at radius 2 is 2.50 bits per heavy atom. The lowest BCUT2D eigenvalue weighted by molar-refractivity contribution is -0.137. The third kappa shape index (κ3) is 3.26. The molecule has 0 fully saturated rings. The van der Waals surface area contributed by atoms with Crippen LogP contribution in [0.15, 0.2) is 31.0 Å². The molecule has 0 aliphatic carbocycles. The summed E-state index contributed by atoms with van der Waals surface area (Å²) in [6.45, 7) is 3.58. The number of carbonyl (C=O) groups excluding carboxylic acids is 1. The minimum Gasteiger partial charge on any atom is -0.462 e. The number of nitrogens with zero attached hydrogens (tertiary/aromatic N) is 1. The van der Waals surface area contributed by atoms with Crippen LogP contribution in [0.1, 0.15) is 5.69 Å². The van der Waals surface area contributed by atoms with Crippen molar-refractivity contribution in [1.82, 2.24) is 4.98 Å². The molecule has 0 amide bonds. The van der Waals surface area contributed by atoms with Crippen LogP contribution in [-0.4, -0.2) is 17.6 Å². The van der Waals surface area contributed by atoms with Crippen molar-refractivity contribution >= 4 is 11.7 Å². The predicted molar refractivity (Wildman–Crippen MR) is 53.5 cm³/mol. The van der Waals surface area contributed by atoms with Crippen molar-refractivity contribution in [2.24, 2.45) is 0 Å². The van der Waals surface area contributed by atoms with E-state index in [4.69, 9.17) is 10.5 Å². The van der Waals surface area contributed by atoms with Gasteiger partial charge in [-0.1, -0.05) is 6.58 Å². The highest BCUT2D eigenvalue weighted by Gasteiger charge is 1.98. The fourth-order valence-corrected chi connectivity index (χ4v) is 0.949. The molecule has 0 radical (unpaired) electrons. The summed E-state index contributed by atoms with van der Waals surface area (Å²) in [4.78, 5) is 14.7. The zero-order valence-corrected chi connectivity index (χ0v) is 7.77. The number of nitrogen functional groups attached to an aromatic ring is 1. The zero-order chi connectivity index (χ0) is 10.4. The van der Waals surface area contributed by atoms with Crippen molar-refractivity contribution in [3.63, 3.8) is 0 Å². The number of aromatic nitrogens is 1. The third-order valence-electron chi connectivity index (χ3n) is 1.61. The van der Waals surface area contributed by atoms with Crippen LogP contribution < -0.4 is 5.73 Å². The number of anilines is 1. The Bertz CT molecular complexity index is 337. The summed E-state index contributed by atoms with van der Waals surface area (Å²) >= 11 is 0. The van der Waals surface area contributed by atoms with E-state index in [-0.39, 0.29) is 0 Å². The second kappa shape index (κ2) is 5.01. The maximum absolute atomic E-state index is 10.7. The topological polar surface area (TPSA) is 65.2 Å². The minimum atomic E-state index is -0.422. The largest absolute Gasteiger partial charge is 0.462 e. The molecule has 74 valence electrons. The number of carbonyl (C=O) groups is 1.